The summed E-state index contributed by atoms with van der Waals surface area (Å²) in [6, 6.07) is 6.80. The lowest BCUT2D eigenvalue weighted by Crippen LogP contribution is -2.29. The van der Waals surface area contributed by atoms with E-state index in [1.54, 1.807) is 24.3 Å². The molecule has 2 rings (SSSR count). The highest BCUT2D eigenvalue weighted by molar-refractivity contribution is 5.92. The molecule has 6 heteroatoms. The molecule has 0 aliphatic heterocycles. The fourth-order valence-corrected chi connectivity index (χ4v) is 1.74. The van der Waals surface area contributed by atoms with E-state index in [-0.39, 0.29) is 18.1 Å². The molecule has 1 aromatic carbocycles. The second-order valence-electron chi connectivity index (χ2n) is 4.43. The van der Waals surface area contributed by atoms with Crippen molar-refractivity contribution in [2.24, 2.45) is 0 Å². The van der Waals surface area contributed by atoms with Crippen LogP contribution in [0, 0.1) is 11.6 Å². The summed E-state index contributed by atoms with van der Waals surface area (Å²) in [5.41, 5.74) is 0.222. The number of carbonyl (C=O) groups is 1. The van der Waals surface area contributed by atoms with E-state index in [0.717, 1.165) is 17.9 Å². The minimum absolute atomic E-state index is 0.111. The number of anilines is 1. The van der Waals surface area contributed by atoms with Crippen molar-refractivity contribution in [2.45, 2.75) is 6.54 Å². The summed E-state index contributed by atoms with van der Waals surface area (Å²) in [5.74, 6) is -1.51. The first-order valence-corrected chi connectivity index (χ1v) is 6.00. The average molecular weight is 280 g/mol. The molecule has 0 saturated heterocycles. The minimum Gasteiger partial charge on any atom is -0.468 e. The number of furan rings is 1. The molecule has 20 heavy (non-hydrogen) atoms. The first kappa shape index (κ1) is 14.2. The third kappa shape index (κ3) is 3.89. The van der Waals surface area contributed by atoms with E-state index in [2.05, 4.69) is 5.32 Å². The van der Waals surface area contributed by atoms with Crippen LogP contribution in [0.4, 0.5) is 14.5 Å². The van der Waals surface area contributed by atoms with Gasteiger partial charge >= 0.3 is 0 Å². The maximum Gasteiger partial charge on any atom is 0.238 e. The SMILES string of the molecule is CN(CC(=O)Nc1ccc(F)c(F)c1)Cc1ccco1. The molecule has 0 unspecified atom stereocenters. The number of likely N-dealkylation sites (N-methyl/N-ethyl adjacent to an activating group) is 1. The molecule has 0 aliphatic carbocycles. The van der Waals surface area contributed by atoms with Gasteiger partial charge in [0.05, 0.1) is 19.4 Å². The number of benzene rings is 1. The van der Waals surface area contributed by atoms with Gasteiger partial charge in [-0.2, -0.15) is 0 Å². The Bertz CT molecular complexity index is 585. The number of nitrogens with zero attached hydrogens (tertiary/aromatic N) is 1. The predicted molar refractivity (Wildman–Crippen MR) is 70.0 cm³/mol. The van der Waals surface area contributed by atoms with E-state index in [9.17, 15) is 13.6 Å². The summed E-state index contributed by atoms with van der Waals surface area (Å²) in [5, 5.41) is 2.50. The van der Waals surface area contributed by atoms with Gasteiger partial charge in [-0.3, -0.25) is 9.69 Å². The highest BCUT2D eigenvalue weighted by Crippen LogP contribution is 2.13. The number of hydrogen-bond donors (Lipinski definition) is 1. The van der Waals surface area contributed by atoms with E-state index in [0.29, 0.717) is 6.54 Å². The molecule has 0 fully saturated rings. The van der Waals surface area contributed by atoms with E-state index in [1.165, 1.54) is 6.07 Å². The predicted octanol–water partition coefficient (Wildman–Crippen LogP) is 2.63. The summed E-state index contributed by atoms with van der Waals surface area (Å²) < 4.78 is 30.9. The largest absolute Gasteiger partial charge is 0.468 e. The quantitative estimate of drug-likeness (QED) is 0.915. The fourth-order valence-electron chi connectivity index (χ4n) is 1.74. The Labute approximate surface area is 115 Å². The molecule has 1 aromatic heterocycles. The van der Waals surface area contributed by atoms with E-state index >= 15 is 0 Å². The third-order valence-electron chi connectivity index (χ3n) is 2.62. The minimum atomic E-state index is -0.994. The molecule has 0 saturated carbocycles. The molecule has 1 heterocycles. The number of carbonyl (C=O) groups excluding carboxylic acids is 1. The average Bonchev–Trinajstić information content (AvgIpc) is 2.86. The second-order valence-corrected chi connectivity index (χ2v) is 4.43. The summed E-state index contributed by atoms with van der Waals surface area (Å²) in [7, 11) is 1.76. The smallest absolute Gasteiger partial charge is 0.238 e. The molecule has 0 aliphatic rings. The van der Waals surface area contributed by atoms with Crippen LogP contribution in [-0.4, -0.2) is 24.4 Å². The van der Waals surface area contributed by atoms with Crippen molar-refractivity contribution in [3.05, 3.63) is 54.0 Å². The zero-order chi connectivity index (χ0) is 14.5. The first-order chi connectivity index (χ1) is 9.54. The van der Waals surface area contributed by atoms with Crippen LogP contribution in [0.15, 0.2) is 41.0 Å². The highest BCUT2D eigenvalue weighted by atomic mass is 19.2. The van der Waals surface area contributed by atoms with Crippen molar-refractivity contribution in [1.82, 2.24) is 4.90 Å². The van der Waals surface area contributed by atoms with E-state index in [1.807, 2.05) is 6.07 Å². The number of hydrogen-bond acceptors (Lipinski definition) is 3. The van der Waals surface area contributed by atoms with Gasteiger partial charge in [0.15, 0.2) is 11.6 Å². The van der Waals surface area contributed by atoms with Crippen LogP contribution >= 0.6 is 0 Å². The van der Waals surface area contributed by atoms with Crippen LogP contribution in [0.5, 0.6) is 0 Å². The maximum absolute atomic E-state index is 13.0. The van der Waals surface area contributed by atoms with Crippen LogP contribution in [0.2, 0.25) is 0 Å². The van der Waals surface area contributed by atoms with E-state index in [4.69, 9.17) is 4.42 Å². The number of halogens is 2. The van der Waals surface area contributed by atoms with Crippen LogP contribution < -0.4 is 5.32 Å². The Balaban J connectivity index is 1.87. The summed E-state index contributed by atoms with van der Waals surface area (Å²) in [6.45, 7) is 0.595. The standard InChI is InChI=1S/C14H14F2N2O2/c1-18(8-11-3-2-6-20-11)9-14(19)17-10-4-5-12(15)13(16)7-10/h2-7H,8-9H2,1H3,(H,17,19). The van der Waals surface area contributed by atoms with Crippen LogP contribution in [0.1, 0.15) is 5.76 Å². The van der Waals surface area contributed by atoms with Crippen LogP contribution in [0.25, 0.3) is 0 Å². The topological polar surface area (TPSA) is 45.5 Å². The highest BCUT2D eigenvalue weighted by Gasteiger charge is 2.10. The second kappa shape index (κ2) is 6.29. The van der Waals surface area contributed by atoms with Crippen molar-refractivity contribution < 1.29 is 18.0 Å². The monoisotopic (exact) mass is 280 g/mol. The number of rotatable bonds is 5. The molecule has 1 N–H and O–H groups in total. The summed E-state index contributed by atoms with van der Waals surface area (Å²) >= 11 is 0. The van der Waals surface area contributed by atoms with Gasteiger partial charge < -0.3 is 9.73 Å². The molecule has 0 atom stereocenters. The van der Waals surface area contributed by atoms with Gasteiger partial charge in [0, 0.05) is 11.8 Å². The normalized spacial score (nSPS) is 10.8. The number of amides is 1. The van der Waals surface area contributed by atoms with Gasteiger partial charge in [0.2, 0.25) is 5.91 Å². The van der Waals surface area contributed by atoms with Crippen molar-refractivity contribution in [3.63, 3.8) is 0 Å². The molecule has 0 radical (unpaired) electrons. The molecule has 1 amide bonds. The molecular formula is C14H14F2N2O2. The third-order valence-corrected chi connectivity index (χ3v) is 2.62. The lowest BCUT2D eigenvalue weighted by molar-refractivity contribution is -0.117. The van der Waals surface area contributed by atoms with Gasteiger partial charge in [-0.05, 0) is 31.3 Å². The Morgan fingerprint density at radius 1 is 1.30 bits per heavy atom. The lowest BCUT2D eigenvalue weighted by Gasteiger charge is -2.14. The van der Waals surface area contributed by atoms with Gasteiger partial charge in [-0.15, -0.1) is 0 Å². The lowest BCUT2D eigenvalue weighted by atomic mass is 10.3. The Hall–Kier alpha value is -2.21. The van der Waals surface area contributed by atoms with Gasteiger partial charge in [-0.25, -0.2) is 8.78 Å². The van der Waals surface area contributed by atoms with Crippen LogP contribution in [-0.2, 0) is 11.3 Å². The van der Waals surface area contributed by atoms with Crippen LogP contribution in [0.3, 0.4) is 0 Å². The molecule has 0 spiro atoms. The molecule has 4 nitrogen and oxygen atoms in total. The first-order valence-electron chi connectivity index (χ1n) is 6.00. The van der Waals surface area contributed by atoms with Crippen molar-refractivity contribution >= 4 is 11.6 Å². The summed E-state index contributed by atoms with van der Waals surface area (Å²) in [6.07, 6.45) is 1.56. The van der Waals surface area contributed by atoms with E-state index < -0.39 is 11.6 Å². The number of nitrogens with one attached hydrogen (secondary N) is 1. The fraction of sp³-hybridized carbons (Fsp3) is 0.214. The molecule has 0 bridgehead atoms. The molecule has 106 valence electrons. The Kier molecular flexibility index (Phi) is 4.47. The zero-order valence-electron chi connectivity index (χ0n) is 10.9. The van der Waals surface area contributed by atoms with Gasteiger partial charge in [-0.1, -0.05) is 0 Å². The molecular weight excluding hydrogens is 266 g/mol. The Morgan fingerprint density at radius 2 is 2.10 bits per heavy atom. The van der Waals surface area contributed by atoms with Gasteiger partial charge in [0.1, 0.15) is 5.76 Å². The molecule has 2 aromatic rings. The zero-order valence-corrected chi connectivity index (χ0v) is 10.9. The van der Waals surface area contributed by atoms with Crippen molar-refractivity contribution in [2.75, 3.05) is 18.9 Å². The van der Waals surface area contributed by atoms with Crippen molar-refractivity contribution in [3.8, 4) is 0 Å². The Morgan fingerprint density at radius 3 is 2.75 bits per heavy atom. The van der Waals surface area contributed by atoms with Gasteiger partial charge in [0.25, 0.3) is 0 Å². The summed E-state index contributed by atoms with van der Waals surface area (Å²) in [4.78, 5) is 13.5. The maximum atomic E-state index is 13.0. The van der Waals surface area contributed by atoms with Crippen molar-refractivity contribution in [1.29, 1.82) is 0 Å².